The van der Waals surface area contributed by atoms with E-state index in [1.807, 2.05) is 0 Å². The molecule has 0 unspecified atom stereocenters. The lowest BCUT2D eigenvalue weighted by molar-refractivity contribution is -0.0679. The topological polar surface area (TPSA) is 54.1 Å². The molecular formula is C11H15BrN2O2. The average molecular weight is 287 g/mol. The monoisotopic (exact) mass is 286 g/mol. The van der Waals surface area contributed by atoms with Crippen LogP contribution in [-0.4, -0.2) is 30.1 Å². The van der Waals surface area contributed by atoms with E-state index in [1.54, 1.807) is 19.4 Å². The molecule has 1 aliphatic carbocycles. The molecule has 1 aromatic heterocycles. The predicted octanol–water partition coefficient (Wildman–Crippen LogP) is 2.08. The zero-order valence-corrected chi connectivity index (χ0v) is 10.8. The molecule has 1 amide bonds. The number of hydrogen-bond acceptors (Lipinski definition) is 2. The summed E-state index contributed by atoms with van der Waals surface area (Å²) in [5, 5.41) is 2.89. The highest BCUT2D eigenvalue weighted by molar-refractivity contribution is 9.10. The van der Waals surface area contributed by atoms with Crippen molar-refractivity contribution in [2.24, 2.45) is 0 Å². The summed E-state index contributed by atoms with van der Waals surface area (Å²) >= 11 is 3.29. The predicted molar refractivity (Wildman–Crippen MR) is 64.4 cm³/mol. The molecule has 4 nitrogen and oxygen atoms in total. The maximum absolute atomic E-state index is 11.7. The van der Waals surface area contributed by atoms with Gasteiger partial charge < -0.3 is 15.0 Å². The molecule has 0 bridgehead atoms. The van der Waals surface area contributed by atoms with Crippen LogP contribution in [0.4, 0.5) is 0 Å². The maximum Gasteiger partial charge on any atom is 0.267 e. The van der Waals surface area contributed by atoms with Crippen molar-refractivity contribution >= 4 is 21.8 Å². The Balaban J connectivity index is 1.88. The summed E-state index contributed by atoms with van der Waals surface area (Å²) in [6.07, 6.45) is 4.97. The number of halogens is 1. The molecular weight excluding hydrogens is 272 g/mol. The zero-order chi connectivity index (χ0) is 11.6. The SMILES string of the molecule is COC1(CNC(=O)c2cc(Br)c[nH]2)CCC1. The lowest BCUT2D eigenvalue weighted by Gasteiger charge is -2.40. The molecule has 1 aromatic rings. The van der Waals surface area contributed by atoms with Crippen molar-refractivity contribution < 1.29 is 9.53 Å². The van der Waals surface area contributed by atoms with E-state index in [4.69, 9.17) is 4.74 Å². The van der Waals surface area contributed by atoms with E-state index >= 15 is 0 Å². The molecule has 1 heterocycles. The molecule has 88 valence electrons. The summed E-state index contributed by atoms with van der Waals surface area (Å²) in [6, 6.07) is 1.76. The van der Waals surface area contributed by atoms with Gasteiger partial charge in [-0.05, 0) is 41.3 Å². The largest absolute Gasteiger partial charge is 0.376 e. The zero-order valence-electron chi connectivity index (χ0n) is 9.18. The van der Waals surface area contributed by atoms with E-state index < -0.39 is 0 Å². The lowest BCUT2D eigenvalue weighted by atomic mass is 9.80. The summed E-state index contributed by atoms with van der Waals surface area (Å²) in [7, 11) is 1.70. The Labute approximate surface area is 103 Å². The van der Waals surface area contributed by atoms with Gasteiger partial charge >= 0.3 is 0 Å². The van der Waals surface area contributed by atoms with Gasteiger partial charge in [0.2, 0.25) is 0 Å². The molecule has 2 N–H and O–H groups in total. The minimum Gasteiger partial charge on any atom is -0.376 e. The number of carbonyl (C=O) groups excluding carboxylic acids is 1. The molecule has 1 saturated carbocycles. The number of aromatic amines is 1. The standard InChI is InChI=1S/C11H15BrN2O2/c1-16-11(3-2-4-11)7-14-10(15)9-5-8(12)6-13-9/h5-6,13H,2-4,7H2,1H3,(H,14,15). The van der Waals surface area contributed by atoms with Crippen LogP contribution < -0.4 is 5.32 Å². The van der Waals surface area contributed by atoms with Crippen LogP contribution in [0.2, 0.25) is 0 Å². The highest BCUT2D eigenvalue weighted by atomic mass is 79.9. The fourth-order valence-electron chi connectivity index (χ4n) is 1.86. The molecule has 0 aliphatic heterocycles. The van der Waals surface area contributed by atoms with E-state index in [-0.39, 0.29) is 11.5 Å². The Morgan fingerprint density at radius 1 is 1.69 bits per heavy atom. The molecule has 1 aliphatic rings. The van der Waals surface area contributed by atoms with E-state index in [1.165, 1.54) is 6.42 Å². The van der Waals surface area contributed by atoms with Crippen LogP contribution in [0.25, 0.3) is 0 Å². The number of rotatable bonds is 4. The van der Waals surface area contributed by atoms with Gasteiger partial charge in [0, 0.05) is 24.3 Å². The first-order valence-corrected chi connectivity index (χ1v) is 6.12. The highest BCUT2D eigenvalue weighted by Crippen LogP contribution is 2.34. The Bertz CT molecular complexity index is 380. The molecule has 2 rings (SSSR count). The molecule has 5 heteroatoms. The van der Waals surface area contributed by atoms with Gasteiger partial charge in [0.1, 0.15) is 5.69 Å². The van der Waals surface area contributed by atoms with Crippen LogP contribution in [-0.2, 0) is 4.74 Å². The number of aromatic nitrogens is 1. The van der Waals surface area contributed by atoms with Crippen molar-refractivity contribution in [3.05, 3.63) is 22.4 Å². The fourth-order valence-corrected chi connectivity index (χ4v) is 2.20. The van der Waals surface area contributed by atoms with Crippen molar-refractivity contribution in [3.63, 3.8) is 0 Å². The van der Waals surface area contributed by atoms with Crippen molar-refractivity contribution in [2.45, 2.75) is 24.9 Å². The second-order valence-corrected chi connectivity index (χ2v) is 5.07. The van der Waals surface area contributed by atoms with Gasteiger partial charge in [-0.25, -0.2) is 0 Å². The number of methoxy groups -OCH3 is 1. The summed E-state index contributed by atoms with van der Waals surface area (Å²) in [6.45, 7) is 0.582. The van der Waals surface area contributed by atoms with Gasteiger partial charge in [-0.15, -0.1) is 0 Å². The van der Waals surface area contributed by atoms with Gasteiger partial charge in [0.15, 0.2) is 0 Å². The number of H-pyrrole nitrogens is 1. The van der Waals surface area contributed by atoms with E-state index in [2.05, 4.69) is 26.2 Å². The van der Waals surface area contributed by atoms with Crippen LogP contribution in [0.3, 0.4) is 0 Å². The number of hydrogen-bond donors (Lipinski definition) is 2. The van der Waals surface area contributed by atoms with Gasteiger partial charge in [-0.3, -0.25) is 4.79 Å². The first kappa shape index (κ1) is 11.7. The van der Waals surface area contributed by atoms with Crippen LogP contribution in [0, 0.1) is 0 Å². The number of nitrogens with one attached hydrogen (secondary N) is 2. The summed E-state index contributed by atoms with van der Waals surface area (Å²) in [5.41, 5.74) is 0.442. The Morgan fingerprint density at radius 3 is 2.88 bits per heavy atom. The van der Waals surface area contributed by atoms with Crippen molar-refractivity contribution in [3.8, 4) is 0 Å². The van der Waals surface area contributed by atoms with Gasteiger partial charge in [0.25, 0.3) is 5.91 Å². The number of amides is 1. The van der Waals surface area contributed by atoms with E-state index in [0.29, 0.717) is 12.2 Å². The van der Waals surface area contributed by atoms with Crippen molar-refractivity contribution in [1.29, 1.82) is 0 Å². The quantitative estimate of drug-likeness (QED) is 0.890. The lowest BCUT2D eigenvalue weighted by Crippen LogP contribution is -2.49. The molecule has 0 aromatic carbocycles. The summed E-state index contributed by atoms with van der Waals surface area (Å²) in [5.74, 6) is -0.0889. The molecule has 0 atom stereocenters. The van der Waals surface area contributed by atoms with Gasteiger partial charge in [-0.1, -0.05) is 0 Å². The average Bonchev–Trinajstić information content (AvgIpc) is 2.64. The van der Waals surface area contributed by atoms with Gasteiger partial charge in [-0.2, -0.15) is 0 Å². The normalized spacial score (nSPS) is 17.9. The third-order valence-corrected chi connectivity index (χ3v) is 3.62. The highest BCUT2D eigenvalue weighted by Gasteiger charge is 2.37. The number of ether oxygens (including phenoxy) is 1. The van der Waals surface area contributed by atoms with E-state index in [9.17, 15) is 4.79 Å². The van der Waals surface area contributed by atoms with Crippen LogP contribution in [0.1, 0.15) is 29.8 Å². The van der Waals surface area contributed by atoms with E-state index in [0.717, 1.165) is 17.3 Å². The molecule has 0 spiro atoms. The Kier molecular flexibility index (Phi) is 3.35. The van der Waals surface area contributed by atoms with Gasteiger partial charge in [0.05, 0.1) is 5.60 Å². The number of carbonyl (C=O) groups is 1. The fraction of sp³-hybridized carbons (Fsp3) is 0.545. The van der Waals surface area contributed by atoms with Crippen LogP contribution in [0.15, 0.2) is 16.7 Å². The molecule has 0 radical (unpaired) electrons. The minimum atomic E-state index is -0.126. The first-order valence-electron chi connectivity index (χ1n) is 5.32. The Morgan fingerprint density at radius 2 is 2.44 bits per heavy atom. The summed E-state index contributed by atoms with van der Waals surface area (Å²) in [4.78, 5) is 14.6. The second-order valence-electron chi connectivity index (χ2n) is 4.15. The van der Waals surface area contributed by atoms with Crippen LogP contribution in [0.5, 0.6) is 0 Å². The third kappa shape index (κ3) is 2.30. The van der Waals surface area contributed by atoms with Crippen LogP contribution >= 0.6 is 15.9 Å². The molecule has 0 saturated heterocycles. The molecule has 16 heavy (non-hydrogen) atoms. The van der Waals surface area contributed by atoms with Crippen molar-refractivity contribution in [2.75, 3.05) is 13.7 Å². The Hall–Kier alpha value is -0.810. The summed E-state index contributed by atoms with van der Waals surface area (Å²) < 4.78 is 6.31. The minimum absolute atomic E-state index is 0.0889. The smallest absolute Gasteiger partial charge is 0.267 e. The molecule has 1 fully saturated rings. The second kappa shape index (κ2) is 4.59. The van der Waals surface area contributed by atoms with Crippen molar-refractivity contribution in [1.82, 2.24) is 10.3 Å². The third-order valence-electron chi connectivity index (χ3n) is 3.16. The first-order chi connectivity index (χ1) is 7.65. The maximum atomic E-state index is 11.7.